The number of ether oxygens (including phenoxy) is 2. The lowest BCUT2D eigenvalue weighted by Gasteiger charge is -2.34. The molecule has 0 amide bonds. The number of sulfonamides is 1. The highest BCUT2D eigenvalue weighted by molar-refractivity contribution is 7.89. The first kappa shape index (κ1) is 28.3. The Bertz CT molecular complexity index is 1380. The Morgan fingerprint density at radius 1 is 1.00 bits per heavy atom. The molecule has 1 N–H and O–H groups in total. The molecule has 3 aromatic rings. The van der Waals surface area contributed by atoms with Crippen LogP contribution in [0.25, 0.3) is 11.1 Å². The number of aliphatic hydroxyl groups is 1. The molecule has 0 aliphatic carbocycles. The van der Waals surface area contributed by atoms with Crippen LogP contribution in [-0.2, 0) is 25.9 Å². The van der Waals surface area contributed by atoms with Crippen molar-refractivity contribution in [3.8, 4) is 11.1 Å². The van der Waals surface area contributed by atoms with E-state index >= 15 is 0 Å². The van der Waals surface area contributed by atoms with Crippen LogP contribution in [0.4, 0.5) is 5.95 Å². The van der Waals surface area contributed by atoms with E-state index in [1.54, 1.807) is 12.1 Å². The molecule has 40 heavy (non-hydrogen) atoms. The van der Waals surface area contributed by atoms with Crippen LogP contribution in [0.2, 0.25) is 0 Å². The van der Waals surface area contributed by atoms with Crippen LogP contribution in [0.1, 0.15) is 35.2 Å². The number of nitrogens with zero attached hydrogens (tertiary/aromatic N) is 4. The lowest BCUT2D eigenvalue weighted by atomic mass is 10.0. The molecular formula is C29H34N4O6S. The van der Waals surface area contributed by atoms with Crippen LogP contribution < -0.4 is 4.90 Å². The number of rotatable bonds is 10. The normalized spacial score (nSPS) is 18.5. The molecule has 2 aliphatic heterocycles. The molecule has 1 atom stereocenters. The zero-order chi connectivity index (χ0) is 28.0. The second-order valence-corrected chi connectivity index (χ2v) is 11.8. The van der Waals surface area contributed by atoms with Crippen molar-refractivity contribution < 1.29 is 27.8 Å². The number of hydrogen-bond donors (Lipinski definition) is 1. The molecule has 5 rings (SSSR count). The Morgan fingerprint density at radius 3 is 2.42 bits per heavy atom. The molecule has 0 radical (unpaired) electrons. The number of aliphatic hydroxyl groups excluding tert-OH is 1. The van der Waals surface area contributed by atoms with E-state index in [1.165, 1.54) is 16.7 Å². The van der Waals surface area contributed by atoms with Gasteiger partial charge in [-0.2, -0.15) is 4.31 Å². The molecule has 3 heterocycles. The predicted octanol–water partition coefficient (Wildman–Crippen LogP) is 2.92. The molecule has 1 unspecified atom stereocenters. The zero-order valence-corrected chi connectivity index (χ0v) is 23.1. The quantitative estimate of drug-likeness (QED) is 0.369. The summed E-state index contributed by atoms with van der Waals surface area (Å²) >= 11 is 0. The van der Waals surface area contributed by atoms with E-state index in [1.807, 2.05) is 41.3 Å². The smallest absolute Gasteiger partial charge is 0.243 e. The third kappa shape index (κ3) is 6.73. The van der Waals surface area contributed by atoms with Gasteiger partial charge >= 0.3 is 0 Å². The summed E-state index contributed by atoms with van der Waals surface area (Å²) in [5, 5.41) is 9.20. The Hall–Kier alpha value is -3.22. The minimum Gasteiger partial charge on any atom is -0.396 e. The van der Waals surface area contributed by atoms with Crippen molar-refractivity contribution in [1.29, 1.82) is 0 Å². The van der Waals surface area contributed by atoms with Gasteiger partial charge in [-0.15, -0.1) is 0 Å². The van der Waals surface area contributed by atoms with Gasteiger partial charge < -0.3 is 19.5 Å². The van der Waals surface area contributed by atoms with E-state index in [4.69, 9.17) is 9.47 Å². The van der Waals surface area contributed by atoms with Gasteiger partial charge in [0.05, 0.1) is 10.5 Å². The molecular weight excluding hydrogens is 532 g/mol. The maximum atomic E-state index is 13.3. The van der Waals surface area contributed by atoms with Gasteiger partial charge in [-0.05, 0) is 54.5 Å². The van der Waals surface area contributed by atoms with E-state index in [0.717, 1.165) is 36.0 Å². The third-order valence-corrected chi connectivity index (χ3v) is 9.09. The van der Waals surface area contributed by atoms with Crippen LogP contribution in [-0.4, -0.2) is 85.9 Å². The molecule has 1 aromatic heterocycles. The Balaban J connectivity index is 1.15. The van der Waals surface area contributed by atoms with Gasteiger partial charge in [0, 0.05) is 51.8 Å². The highest BCUT2D eigenvalue weighted by Crippen LogP contribution is 2.25. The average Bonchev–Trinajstić information content (AvgIpc) is 3.01. The van der Waals surface area contributed by atoms with Crippen LogP contribution in [0.15, 0.2) is 65.8 Å². The number of benzene rings is 2. The number of aromatic nitrogens is 2. The van der Waals surface area contributed by atoms with E-state index in [0.29, 0.717) is 50.7 Å². The molecule has 11 heteroatoms. The van der Waals surface area contributed by atoms with E-state index < -0.39 is 10.0 Å². The van der Waals surface area contributed by atoms with Crippen molar-refractivity contribution in [3.05, 3.63) is 72.1 Å². The molecule has 212 valence electrons. The Kier molecular flexibility index (Phi) is 9.18. The number of hydrogen-bond acceptors (Lipinski definition) is 9. The monoisotopic (exact) mass is 566 g/mol. The van der Waals surface area contributed by atoms with Gasteiger partial charge in [-0.1, -0.05) is 36.4 Å². The highest BCUT2D eigenvalue weighted by atomic mass is 32.2. The first-order chi connectivity index (χ1) is 19.4. The minimum atomic E-state index is -3.65. The first-order valence-corrected chi connectivity index (χ1v) is 15.0. The van der Waals surface area contributed by atoms with Gasteiger partial charge in [0.2, 0.25) is 16.0 Å². The molecule has 2 fully saturated rings. The topological polar surface area (TPSA) is 122 Å². The summed E-state index contributed by atoms with van der Waals surface area (Å²) < 4.78 is 39.1. The number of ketones is 1. The molecule has 2 aromatic carbocycles. The summed E-state index contributed by atoms with van der Waals surface area (Å²) in [6, 6.07) is 14.8. The number of anilines is 1. The van der Waals surface area contributed by atoms with Crippen molar-refractivity contribution in [2.75, 3.05) is 50.9 Å². The fourth-order valence-electron chi connectivity index (χ4n) is 4.86. The Labute approximate surface area is 234 Å². The summed E-state index contributed by atoms with van der Waals surface area (Å²) in [5.41, 5.74) is 3.28. The lowest BCUT2D eigenvalue weighted by molar-refractivity contribution is -0.155. The second-order valence-electron chi connectivity index (χ2n) is 9.89. The maximum absolute atomic E-state index is 13.3. The maximum Gasteiger partial charge on any atom is 0.243 e. The van der Waals surface area contributed by atoms with Gasteiger partial charge in [0.15, 0.2) is 12.1 Å². The average molecular weight is 567 g/mol. The standard InChI is InChI=1S/C29H34N4O6S/c34-16-11-22-4-3-5-24(18-22)23-7-9-26(10-8-23)40(36,37)33-14-12-32(13-15-33)29-30-19-25(20-31-29)27(35)21-39-28-6-1-2-17-38-28/h3-5,7-10,18-20,28,34H,1-2,6,11-17,21H2. The summed E-state index contributed by atoms with van der Waals surface area (Å²) in [5.74, 6) is 0.249. The lowest BCUT2D eigenvalue weighted by Crippen LogP contribution is -2.49. The molecule has 2 aliphatic rings. The van der Waals surface area contributed by atoms with Crippen molar-refractivity contribution in [2.45, 2.75) is 36.9 Å². The summed E-state index contributed by atoms with van der Waals surface area (Å²) in [7, 11) is -3.65. The number of carbonyl (C=O) groups is 1. The number of piperazine rings is 1. The molecule has 0 spiro atoms. The number of carbonyl (C=O) groups excluding carboxylic acids is 1. The van der Waals surface area contributed by atoms with E-state index in [-0.39, 0.29) is 30.2 Å². The fraction of sp³-hybridized carbons (Fsp3) is 0.414. The third-order valence-electron chi connectivity index (χ3n) is 7.17. The summed E-state index contributed by atoms with van der Waals surface area (Å²) in [4.78, 5) is 23.3. The summed E-state index contributed by atoms with van der Waals surface area (Å²) in [6.45, 7) is 2.12. The summed E-state index contributed by atoms with van der Waals surface area (Å²) in [6.07, 6.45) is 6.04. The van der Waals surface area contributed by atoms with Crippen molar-refractivity contribution in [2.24, 2.45) is 0 Å². The first-order valence-electron chi connectivity index (χ1n) is 13.6. The van der Waals surface area contributed by atoms with Crippen LogP contribution >= 0.6 is 0 Å². The van der Waals surface area contributed by atoms with E-state index in [2.05, 4.69) is 9.97 Å². The molecule has 0 saturated carbocycles. The van der Waals surface area contributed by atoms with Crippen LogP contribution in [0, 0.1) is 0 Å². The van der Waals surface area contributed by atoms with Gasteiger partial charge in [0.1, 0.15) is 6.61 Å². The zero-order valence-electron chi connectivity index (χ0n) is 22.3. The largest absolute Gasteiger partial charge is 0.396 e. The molecule has 2 saturated heterocycles. The number of Topliss-reactive ketones (excluding diaryl/α,β-unsaturated/α-hetero) is 1. The van der Waals surface area contributed by atoms with E-state index in [9.17, 15) is 18.3 Å². The second kappa shape index (κ2) is 13.0. The van der Waals surface area contributed by atoms with Gasteiger partial charge in [-0.3, -0.25) is 4.79 Å². The van der Waals surface area contributed by atoms with Crippen molar-refractivity contribution >= 4 is 21.8 Å². The minimum absolute atomic E-state index is 0.0803. The van der Waals surface area contributed by atoms with Gasteiger partial charge in [0.25, 0.3) is 0 Å². The van der Waals surface area contributed by atoms with Crippen LogP contribution in [0.3, 0.4) is 0 Å². The van der Waals surface area contributed by atoms with Crippen molar-refractivity contribution in [3.63, 3.8) is 0 Å². The van der Waals surface area contributed by atoms with Crippen LogP contribution in [0.5, 0.6) is 0 Å². The Morgan fingerprint density at radius 2 is 1.75 bits per heavy atom. The molecule has 10 nitrogen and oxygen atoms in total. The SMILES string of the molecule is O=C(COC1CCCCO1)c1cnc(N2CCN(S(=O)(=O)c3ccc(-c4cccc(CCO)c4)cc3)CC2)nc1. The fourth-order valence-corrected chi connectivity index (χ4v) is 6.28. The molecule has 0 bridgehead atoms. The van der Waals surface area contributed by atoms with Gasteiger partial charge in [-0.25, -0.2) is 18.4 Å². The van der Waals surface area contributed by atoms with Crippen molar-refractivity contribution in [1.82, 2.24) is 14.3 Å². The predicted molar refractivity (Wildman–Crippen MR) is 150 cm³/mol. The highest BCUT2D eigenvalue weighted by Gasteiger charge is 2.29.